The van der Waals surface area contributed by atoms with Gasteiger partial charge in [0, 0.05) is 13.1 Å². The first-order chi connectivity index (χ1) is 8.36. The average molecular weight is 507 g/mol. The zero-order valence-corrected chi connectivity index (χ0v) is 19.2. The van der Waals surface area contributed by atoms with Crippen LogP contribution < -0.4 is 26.6 Å². The molecule has 0 saturated carbocycles. The summed E-state index contributed by atoms with van der Waals surface area (Å²) in [4.78, 5) is 32.5. The average Bonchev–Trinajstić information content (AvgIpc) is 2.08. The molecule has 0 aliphatic rings. The van der Waals surface area contributed by atoms with Gasteiger partial charge in [-0.25, -0.2) is 0 Å². The Hall–Kier alpha value is 0.633. The molecular weight excluding hydrogens is 496 g/mol. The molecule has 0 aliphatic carbocycles. The van der Waals surface area contributed by atoms with Gasteiger partial charge in [-0.3, -0.25) is 0 Å². The number of rotatable bonds is 3. The van der Waals surface area contributed by atoms with Gasteiger partial charge in [0.05, 0.1) is 12.9 Å². The van der Waals surface area contributed by atoms with Crippen molar-refractivity contribution in [2.75, 3.05) is 13.1 Å². The Balaban J connectivity index is -0.0000000461. The molecule has 0 aromatic carbocycles. The van der Waals surface area contributed by atoms with Crippen LogP contribution in [0, 0.1) is 15.3 Å². The fourth-order valence-corrected chi connectivity index (χ4v) is 0.737. The predicted molar refractivity (Wildman–Crippen MR) is 82.1 cm³/mol. The van der Waals surface area contributed by atoms with Crippen molar-refractivity contribution in [1.82, 2.24) is 16.8 Å². The van der Waals surface area contributed by atoms with E-state index in [2.05, 4.69) is 60.3 Å². The maximum absolute atomic E-state index is 8.66. The van der Waals surface area contributed by atoms with Crippen LogP contribution in [0.15, 0.2) is 0 Å². The molecule has 0 saturated heterocycles. The first kappa shape index (κ1) is 38.3. The molecule has 0 fully saturated rings. The number of hydrogen-bond donors (Lipinski definition) is 4. The van der Waals surface area contributed by atoms with Gasteiger partial charge in [0.2, 0.25) is 0 Å². The molecule has 0 amide bonds. The Morgan fingerprint density at radius 3 is 1.36 bits per heavy atom. The molecule has 127 valence electrons. The third kappa shape index (κ3) is 137. The van der Waals surface area contributed by atoms with Crippen molar-refractivity contribution in [2.24, 2.45) is 0 Å². The normalized spacial score (nSPS) is 7.59. The second-order valence-electron chi connectivity index (χ2n) is 2.12. The van der Waals surface area contributed by atoms with E-state index in [9.17, 15) is 0 Å². The number of quaternary nitrogens is 1. The maximum atomic E-state index is 8.66. The Morgan fingerprint density at radius 1 is 1.14 bits per heavy atom. The molecule has 0 heterocycles. The van der Waals surface area contributed by atoms with Crippen LogP contribution in [-0.2, 0) is 66.4 Å². The summed E-state index contributed by atoms with van der Waals surface area (Å²) in [5.41, 5.74) is 0. The smallest absolute Gasteiger partial charge is 0.790 e. The third-order valence-electron chi connectivity index (χ3n) is 0.664. The molecule has 7 N–H and O–H groups in total. The number of nitrogens with zero attached hydrogens (tertiary/aromatic N) is 1. The van der Waals surface area contributed by atoms with Crippen LogP contribution in [0.2, 0.25) is 0 Å². The van der Waals surface area contributed by atoms with Crippen LogP contribution in [0.4, 0.5) is 0 Å². The van der Waals surface area contributed by atoms with Crippen LogP contribution in [0.3, 0.4) is 0 Å². The minimum atomic E-state index is -5.14. The SMILES string of the molecule is O=P([O-])([O-])O.O=[N+]([O-])[O-].S=C([S-])NCCNC(=S)[S-].[Mn+2].[NH4+].[Zn+2]. The molecule has 0 unspecified atom stereocenters. The molecule has 0 bridgehead atoms. The van der Waals surface area contributed by atoms with Crippen LogP contribution in [0.1, 0.15) is 0 Å². The molecule has 18 heteroatoms. The fraction of sp³-hybridized carbons (Fsp3) is 0.500. The van der Waals surface area contributed by atoms with Gasteiger partial charge in [-0.2, -0.15) is 0 Å². The van der Waals surface area contributed by atoms with E-state index in [1.807, 2.05) is 0 Å². The summed E-state index contributed by atoms with van der Waals surface area (Å²) in [6, 6.07) is 0. The molecule has 22 heavy (non-hydrogen) atoms. The molecule has 0 aromatic heterocycles. The molecule has 0 aliphatic heterocycles. The Morgan fingerprint density at radius 2 is 1.27 bits per heavy atom. The van der Waals surface area contributed by atoms with Crippen molar-refractivity contribution in [1.29, 1.82) is 0 Å². The van der Waals surface area contributed by atoms with Crippen LogP contribution in [0.5, 0.6) is 0 Å². The number of nitrogens with one attached hydrogen (secondary N) is 2. The summed E-state index contributed by atoms with van der Waals surface area (Å²) < 4.78 is 9.40. The number of phosphoric acid groups is 1. The molecule has 0 aromatic rings. The van der Waals surface area contributed by atoms with E-state index in [1.165, 1.54) is 0 Å². The first-order valence-electron chi connectivity index (χ1n) is 3.82. The second-order valence-corrected chi connectivity index (χ2v) is 5.21. The molecule has 0 spiro atoms. The summed E-state index contributed by atoms with van der Waals surface area (Å²) in [5.74, 6) is 0. The van der Waals surface area contributed by atoms with E-state index in [0.717, 1.165) is 0 Å². The van der Waals surface area contributed by atoms with Crippen molar-refractivity contribution in [2.45, 2.75) is 0 Å². The van der Waals surface area contributed by atoms with Gasteiger partial charge in [-0.1, -0.05) is 8.64 Å². The Labute approximate surface area is 171 Å². The van der Waals surface area contributed by atoms with Gasteiger partial charge in [0.15, 0.2) is 0 Å². The fourth-order valence-electron chi connectivity index (χ4n) is 0.329. The van der Waals surface area contributed by atoms with E-state index in [0.29, 0.717) is 21.7 Å². The van der Waals surface area contributed by atoms with Crippen molar-refractivity contribution in [3.63, 3.8) is 0 Å². The molecule has 0 atom stereocenters. The summed E-state index contributed by atoms with van der Waals surface area (Å²) in [5, 5.41) is 20.3. The van der Waals surface area contributed by atoms with Crippen molar-refractivity contribution in [3.8, 4) is 0 Å². The first-order valence-corrected chi connectivity index (χ1v) is 6.95. The largest absolute Gasteiger partial charge is 2.00 e. The zero-order chi connectivity index (χ0) is 16.1. The predicted octanol–water partition coefficient (Wildman–Crippen LogP) is -2.23. The zero-order valence-electron chi connectivity index (χ0n) is 10.9. The van der Waals surface area contributed by atoms with Crippen LogP contribution in [-0.4, -0.2) is 31.7 Å². The minimum absolute atomic E-state index is 0. The summed E-state index contributed by atoms with van der Waals surface area (Å²) in [6.07, 6.45) is 0. The molecule has 11 nitrogen and oxygen atoms in total. The molecule has 1 radical (unpaired) electrons. The topological polar surface area (TPSA) is 210 Å². The van der Waals surface area contributed by atoms with E-state index >= 15 is 0 Å². The van der Waals surface area contributed by atoms with Crippen molar-refractivity contribution >= 4 is 66.2 Å². The van der Waals surface area contributed by atoms with Gasteiger partial charge in [-0.15, -0.1) is 0 Å². The van der Waals surface area contributed by atoms with Gasteiger partial charge in [0.1, 0.15) is 0 Å². The summed E-state index contributed by atoms with van der Waals surface area (Å²) >= 11 is 18.4. The van der Waals surface area contributed by atoms with Crippen LogP contribution in [0.25, 0.3) is 0 Å². The van der Waals surface area contributed by atoms with Crippen molar-refractivity contribution in [3.05, 3.63) is 15.3 Å². The van der Waals surface area contributed by atoms with Gasteiger partial charge in [0.25, 0.3) is 0 Å². The van der Waals surface area contributed by atoms with Gasteiger partial charge < -0.3 is 101 Å². The maximum Gasteiger partial charge on any atom is 2.00 e. The molecular formula is C4H11MnN4O7PS4Zn. The summed E-state index contributed by atoms with van der Waals surface area (Å²) in [6.45, 7) is 1.33. The van der Waals surface area contributed by atoms with Crippen molar-refractivity contribution < 1.29 is 60.9 Å². The van der Waals surface area contributed by atoms with E-state index in [4.69, 9.17) is 34.6 Å². The Kier molecular flexibility index (Phi) is 41.6. The van der Waals surface area contributed by atoms with Crippen LogP contribution >= 0.6 is 32.3 Å². The van der Waals surface area contributed by atoms with Gasteiger partial charge in [-0.05, 0) is 0 Å². The summed E-state index contributed by atoms with van der Waals surface area (Å²) in [7, 11) is -5.14. The van der Waals surface area contributed by atoms with E-state index in [-0.39, 0.29) is 42.7 Å². The Bertz CT molecular complexity index is 322. The van der Waals surface area contributed by atoms with E-state index in [1.54, 1.807) is 0 Å². The third-order valence-corrected chi connectivity index (χ3v) is 1.24. The standard InChI is InChI=1S/C4H8N2S4.Mn.NO3.H3N.H3O4P.Zn/c7-3(8)5-1-2-6-4(9)10;;2-1(3)4;;1-5(2,3)4;/h1-2H2,(H2,5,7,8)(H2,6,9,10);;;1H3;(H3,1,2,3,4);/q;+2;-1;;;+2/p-3. The molecule has 0 rings (SSSR count). The second kappa shape index (κ2) is 23.9. The van der Waals surface area contributed by atoms with E-state index < -0.39 is 12.9 Å². The minimum Gasteiger partial charge on any atom is -0.790 e. The monoisotopic (exact) mass is 505 g/mol. The number of thiocarbonyl (C=S) groups is 2. The quantitative estimate of drug-likeness (QED) is 0.0607. The number of hydrogen-bond acceptors (Lipinski definition) is 10. The van der Waals surface area contributed by atoms with Gasteiger partial charge >= 0.3 is 36.5 Å².